The Morgan fingerprint density at radius 2 is 1.92 bits per heavy atom. The number of benzene rings is 1. The second-order valence-electron chi connectivity index (χ2n) is 8.93. The van der Waals surface area contributed by atoms with E-state index in [2.05, 4.69) is 39.9 Å². The van der Waals surface area contributed by atoms with E-state index >= 15 is 0 Å². The number of halogens is 3. The number of carbonyl (C=O) groups excluding carboxylic acids is 1. The first-order chi connectivity index (χ1) is 17.1. The van der Waals surface area contributed by atoms with E-state index in [4.69, 9.17) is 19.4 Å². The van der Waals surface area contributed by atoms with Gasteiger partial charge in [-0.3, -0.25) is 9.69 Å². The van der Waals surface area contributed by atoms with Crippen LogP contribution < -0.4 is 10.1 Å². The number of likely N-dealkylation sites (tertiary alicyclic amines) is 1. The van der Waals surface area contributed by atoms with E-state index in [-0.39, 0.29) is 17.4 Å². The van der Waals surface area contributed by atoms with Gasteiger partial charge in [-0.15, -0.1) is 11.3 Å². The number of methoxy groups -OCH3 is 1. The second kappa shape index (κ2) is 12.6. The molecule has 2 aromatic rings. The number of carboxylic acids is 1. The molecule has 2 aliphatic rings. The fraction of sp³-hybridized carbons (Fsp3) is 0.520. The number of nitrogens with one attached hydrogen (secondary N) is 1. The number of carbonyl (C=O) groups is 2. The van der Waals surface area contributed by atoms with Crippen LogP contribution >= 0.6 is 11.3 Å². The SMILES string of the molecule is COCCNC(=O)CC1CC2(CCN(Cc3cccs3)CC2)Oc2ccccc21.O=C(O)C(F)(F)F. The number of alkyl halides is 3. The molecule has 1 spiro atoms. The van der Waals surface area contributed by atoms with Crippen LogP contribution in [-0.4, -0.2) is 67.0 Å². The van der Waals surface area contributed by atoms with Crippen molar-refractivity contribution in [1.82, 2.24) is 10.2 Å². The third-order valence-corrected chi connectivity index (χ3v) is 7.19. The lowest BCUT2D eigenvalue weighted by atomic mass is 9.76. The van der Waals surface area contributed by atoms with Crippen LogP contribution in [0.15, 0.2) is 41.8 Å². The zero-order valence-electron chi connectivity index (χ0n) is 20.1. The number of amides is 1. The summed E-state index contributed by atoms with van der Waals surface area (Å²) in [5.41, 5.74) is 1.01. The molecule has 1 saturated heterocycles. The molecule has 2 N–H and O–H groups in total. The van der Waals surface area contributed by atoms with E-state index in [0.717, 1.165) is 44.6 Å². The molecule has 0 aliphatic carbocycles. The number of thiophene rings is 1. The lowest BCUT2D eigenvalue weighted by Crippen LogP contribution is -2.50. The van der Waals surface area contributed by atoms with E-state index in [0.29, 0.717) is 19.6 Å². The van der Waals surface area contributed by atoms with Crippen molar-refractivity contribution in [3.8, 4) is 5.75 Å². The molecular weight excluding hydrogens is 497 g/mol. The number of hydrogen-bond acceptors (Lipinski definition) is 6. The Bertz CT molecular complexity index is 992. The molecule has 11 heteroatoms. The number of nitrogens with zero attached hydrogens (tertiary/aromatic N) is 1. The van der Waals surface area contributed by atoms with Crippen LogP contribution in [0.1, 0.15) is 42.0 Å². The molecule has 0 radical (unpaired) electrons. The number of ether oxygens (including phenoxy) is 2. The van der Waals surface area contributed by atoms with Crippen LogP contribution in [0.2, 0.25) is 0 Å². The third-order valence-electron chi connectivity index (χ3n) is 6.33. The minimum absolute atomic E-state index is 0.0917. The number of para-hydroxylation sites is 1. The van der Waals surface area contributed by atoms with E-state index < -0.39 is 12.1 Å². The number of hydrogen-bond donors (Lipinski definition) is 2. The van der Waals surface area contributed by atoms with Gasteiger partial charge in [-0.05, 0) is 42.3 Å². The minimum Gasteiger partial charge on any atom is -0.487 e. The first-order valence-electron chi connectivity index (χ1n) is 11.7. The maximum Gasteiger partial charge on any atom is 0.490 e. The predicted molar refractivity (Wildman–Crippen MR) is 129 cm³/mol. The molecule has 1 aromatic heterocycles. The largest absolute Gasteiger partial charge is 0.490 e. The predicted octanol–water partition coefficient (Wildman–Crippen LogP) is 4.44. The zero-order valence-corrected chi connectivity index (χ0v) is 20.9. The van der Waals surface area contributed by atoms with Gasteiger partial charge in [0.05, 0.1) is 6.61 Å². The Kier molecular flexibility index (Phi) is 9.75. The quantitative estimate of drug-likeness (QED) is 0.517. The number of piperidine rings is 1. The van der Waals surface area contributed by atoms with Crippen molar-refractivity contribution in [3.63, 3.8) is 0 Å². The number of rotatable bonds is 7. The molecule has 36 heavy (non-hydrogen) atoms. The van der Waals surface area contributed by atoms with Gasteiger partial charge in [0.25, 0.3) is 0 Å². The highest BCUT2D eigenvalue weighted by Crippen LogP contribution is 2.46. The molecule has 0 saturated carbocycles. The molecule has 3 heterocycles. The smallest absolute Gasteiger partial charge is 0.487 e. The molecule has 2 aliphatic heterocycles. The van der Waals surface area contributed by atoms with Crippen molar-refractivity contribution in [2.75, 3.05) is 33.4 Å². The van der Waals surface area contributed by atoms with Crippen molar-refractivity contribution >= 4 is 23.2 Å². The summed E-state index contributed by atoms with van der Waals surface area (Å²) >= 11 is 1.82. The first-order valence-corrected chi connectivity index (χ1v) is 12.6. The van der Waals surface area contributed by atoms with E-state index in [1.165, 1.54) is 10.4 Å². The number of carboxylic acid groups (broad SMARTS) is 1. The van der Waals surface area contributed by atoms with Crippen molar-refractivity contribution in [2.45, 2.75) is 49.9 Å². The molecule has 7 nitrogen and oxygen atoms in total. The van der Waals surface area contributed by atoms with Gasteiger partial charge in [0, 0.05) is 50.5 Å². The van der Waals surface area contributed by atoms with Gasteiger partial charge >= 0.3 is 12.1 Å². The van der Waals surface area contributed by atoms with E-state index in [9.17, 15) is 18.0 Å². The standard InChI is InChI=1S/C23H30N2O3S.C2HF3O2/c1-27-13-10-24-22(26)15-18-16-23(28-21-7-3-2-6-20(18)21)8-11-25(12-9-23)17-19-5-4-14-29-19;3-2(4,5)1(6)7/h2-7,14,18H,8-13,15-17H2,1H3,(H,24,26);(H,6,7). The second-order valence-corrected chi connectivity index (χ2v) is 9.96. The fourth-order valence-electron chi connectivity index (χ4n) is 4.56. The highest BCUT2D eigenvalue weighted by molar-refractivity contribution is 7.09. The van der Waals surface area contributed by atoms with Crippen molar-refractivity contribution in [3.05, 3.63) is 52.2 Å². The lowest BCUT2D eigenvalue weighted by Gasteiger charge is -2.47. The highest BCUT2D eigenvalue weighted by Gasteiger charge is 2.43. The summed E-state index contributed by atoms with van der Waals surface area (Å²) in [6, 6.07) is 12.6. The van der Waals surface area contributed by atoms with Gasteiger partial charge in [0.1, 0.15) is 11.4 Å². The monoisotopic (exact) mass is 528 g/mol. The van der Waals surface area contributed by atoms with Crippen LogP contribution in [0.3, 0.4) is 0 Å². The Morgan fingerprint density at radius 1 is 1.22 bits per heavy atom. The van der Waals surface area contributed by atoms with Crippen molar-refractivity contribution in [2.24, 2.45) is 0 Å². The molecule has 198 valence electrons. The Morgan fingerprint density at radius 3 is 2.53 bits per heavy atom. The molecule has 1 aromatic carbocycles. The fourth-order valence-corrected chi connectivity index (χ4v) is 5.31. The van der Waals surface area contributed by atoms with Crippen LogP contribution in [0.25, 0.3) is 0 Å². The van der Waals surface area contributed by atoms with Gasteiger partial charge in [-0.2, -0.15) is 13.2 Å². The summed E-state index contributed by atoms with van der Waals surface area (Å²) in [7, 11) is 1.65. The molecule has 0 bridgehead atoms. The minimum atomic E-state index is -5.08. The molecule has 1 fully saturated rings. The summed E-state index contributed by atoms with van der Waals surface area (Å²) < 4.78 is 43.4. The maximum absolute atomic E-state index is 12.5. The Labute approximate surface area is 212 Å². The normalized spacial score (nSPS) is 18.9. The maximum atomic E-state index is 12.5. The van der Waals surface area contributed by atoms with Gasteiger partial charge in [0.2, 0.25) is 5.91 Å². The molecule has 1 unspecified atom stereocenters. The summed E-state index contributed by atoms with van der Waals surface area (Å²) in [4.78, 5) is 25.3. The zero-order chi connectivity index (χ0) is 26.2. The Balaban J connectivity index is 0.000000454. The molecule has 1 amide bonds. The molecule has 4 rings (SSSR count). The summed E-state index contributed by atoms with van der Waals surface area (Å²) in [5.74, 6) is -1.51. The van der Waals surface area contributed by atoms with Gasteiger partial charge in [0.15, 0.2) is 0 Å². The highest BCUT2D eigenvalue weighted by atomic mass is 32.1. The summed E-state index contributed by atoms with van der Waals surface area (Å²) in [5, 5.41) is 12.2. The van der Waals surface area contributed by atoms with Gasteiger partial charge in [-0.1, -0.05) is 24.3 Å². The average Bonchev–Trinajstić information content (AvgIpc) is 3.34. The van der Waals surface area contributed by atoms with Crippen molar-refractivity contribution in [1.29, 1.82) is 0 Å². The molecular formula is C25H31F3N2O5S. The van der Waals surface area contributed by atoms with Crippen LogP contribution in [0, 0.1) is 0 Å². The van der Waals surface area contributed by atoms with Crippen LogP contribution in [0.5, 0.6) is 5.75 Å². The molecule has 1 atom stereocenters. The van der Waals surface area contributed by atoms with E-state index in [1.54, 1.807) is 7.11 Å². The first kappa shape index (κ1) is 27.9. The van der Waals surface area contributed by atoms with Crippen molar-refractivity contribution < 1.29 is 37.3 Å². The third kappa shape index (κ3) is 7.94. The lowest BCUT2D eigenvalue weighted by molar-refractivity contribution is -0.192. The van der Waals surface area contributed by atoms with Gasteiger partial charge in [-0.25, -0.2) is 4.79 Å². The number of fused-ring (bicyclic) bond motifs is 1. The summed E-state index contributed by atoms with van der Waals surface area (Å²) in [6.45, 7) is 4.19. The Hall–Kier alpha value is -2.63. The summed E-state index contributed by atoms with van der Waals surface area (Å²) in [6.07, 6.45) is -1.65. The average molecular weight is 529 g/mol. The topological polar surface area (TPSA) is 88.1 Å². The van der Waals surface area contributed by atoms with Crippen LogP contribution in [0.4, 0.5) is 13.2 Å². The van der Waals surface area contributed by atoms with Crippen LogP contribution in [-0.2, 0) is 20.9 Å². The van der Waals surface area contributed by atoms with Gasteiger partial charge < -0.3 is 19.9 Å². The van der Waals surface area contributed by atoms with E-state index in [1.807, 2.05) is 23.5 Å². The number of aliphatic carboxylic acids is 1.